The molecular weight excluding hydrogens is 540 g/mol. The van der Waals surface area contributed by atoms with Gasteiger partial charge in [0, 0.05) is 74.3 Å². The number of benzene rings is 2. The molecule has 2 aliphatic rings. The Morgan fingerprint density at radius 1 is 0.927 bits per heavy atom. The van der Waals surface area contributed by atoms with E-state index in [4.69, 9.17) is 20.8 Å². The molecular formula is C32H41ClN4O4. The van der Waals surface area contributed by atoms with Gasteiger partial charge in [-0.3, -0.25) is 14.5 Å². The maximum absolute atomic E-state index is 12.3. The molecule has 41 heavy (non-hydrogen) atoms. The van der Waals surface area contributed by atoms with Crippen molar-refractivity contribution in [3.05, 3.63) is 53.8 Å². The van der Waals surface area contributed by atoms with Gasteiger partial charge in [-0.15, -0.1) is 0 Å². The predicted octanol–water partition coefficient (Wildman–Crippen LogP) is 5.05. The first kappa shape index (κ1) is 29.4. The van der Waals surface area contributed by atoms with Crippen molar-refractivity contribution in [1.29, 1.82) is 0 Å². The first-order valence-corrected chi connectivity index (χ1v) is 15.3. The molecule has 2 saturated heterocycles. The number of piperazine rings is 1. The van der Waals surface area contributed by atoms with E-state index in [0.29, 0.717) is 26.1 Å². The summed E-state index contributed by atoms with van der Waals surface area (Å²) in [5.74, 6) is 1.16. The lowest BCUT2D eigenvalue weighted by atomic mass is 10.0. The minimum Gasteiger partial charge on any atom is -0.493 e. The molecule has 0 spiro atoms. The fraction of sp³-hybridized carbons (Fsp3) is 0.500. The van der Waals surface area contributed by atoms with E-state index in [2.05, 4.69) is 21.2 Å². The molecule has 0 radical (unpaired) electrons. The molecule has 8 nitrogen and oxygen atoms in total. The zero-order chi connectivity index (χ0) is 28.4. The number of amides is 2. The van der Waals surface area contributed by atoms with Gasteiger partial charge in [0.25, 0.3) is 0 Å². The largest absolute Gasteiger partial charge is 0.493 e. The molecule has 0 unspecified atom stereocenters. The van der Waals surface area contributed by atoms with E-state index in [1.165, 1.54) is 0 Å². The molecule has 2 fully saturated rings. The van der Waals surface area contributed by atoms with Crippen LogP contribution >= 0.6 is 11.6 Å². The van der Waals surface area contributed by atoms with Crippen LogP contribution in [0.25, 0.3) is 22.1 Å². The Hall–Kier alpha value is -3.07. The third-order valence-electron chi connectivity index (χ3n) is 8.02. The molecule has 2 aromatic carbocycles. The quantitative estimate of drug-likeness (QED) is 0.269. The second-order valence-electron chi connectivity index (χ2n) is 11.0. The number of carbonyl (C=O) groups excluding carboxylic acids is 2. The molecule has 0 aliphatic carbocycles. The number of ether oxygens (including phenoxy) is 1. The minimum atomic E-state index is 0.0828. The van der Waals surface area contributed by atoms with Crippen molar-refractivity contribution in [3.63, 3.8) is 0 Å². The summed E-state index contributed by atoms with van der Waals surface area (Å²) in [5.41, 5.74) is 2.95. The monoisotopic (exact) mass is 580 g/mol. The average Bonchev–Trinajstić information content (AvgIpc) is 3.59. The summed E-state index contributed by atoms with van der Waals surface area (Å²) >= 11 is 6.02. The Morgan fingerprint density at radius 2 is 1.73 bits per heavy atom. The molecule has 220 valence electrons. The molecule has 1 N–H and O–H groups in total. The Balaban J connectivity index is 0.910. The van der Waals surface area contributed by atoms with Gasteiger partial charge in [0.2, 0.25) is 11.8 Å². The van der Waals surface area contributed by atoms with E-state index >= 15 is 0 Å². The molecule has 9 heteroatoms. The van der Waals surface area contributed by atoms with E-state index in [1.807, 2.05) is 41.3 Å². The maximum atomic E-state index is 12.3. The number of halogens is 1. The van der Waals surface area contributed by atoms with Gasteiger partial charge in [-0.25, -0.2) is 0 Å². The van der Waals surface area contributed by atoms with E-state index in [9.17, 15) is 9.59 Å². The molecule has 0 atom stereocenters. The molecule has 2 aliphatic heterocycles. The number of hydrogen-bond acceptors (Lipinski definition) is 6. The lowest BCUT2D eigenvalue weighted by Crippen LogP contribution is -2.49. The van der Waals surface area contributed by atoms with E-state index in [0.717, 1.165) is 111 Å². The first-order valence-electron chi connectivity index (χ1n) is 14.9. The van der Waals surface area contributed by atoms with Gasteiger partial charge in [-0.05, 0) is 68.5 Å². The van der Waals surface area contributed by atoms with Crippen LogP contribution in [-0.4, -0.2) is 92.0 Å². The summed E-state index contributed by atoms with van der Waals surface area (Å²) in [4.78, 5) is 30.6. The fourth-order valence-electron chi connectivity index (χ4n) is 5.62. The highest BCUT2D eigenvalue weighted by Gasteiger charge is 2.20. The smallest absolute Gasteiger partial charge is 0.234 e. The van der Waals surface area contributed by atoms with Crippen molar-refractivity contribution >= 4 is 34.4 Å². The summed E-state index contributed by atoms with van der Waals surface area (Å²) in [6.45, 7) is 8.33. The van der Waals surface area contributed by atoms with Gasteiger partial charge in [-0.2, -0.15) is 0 Å². The van der Waals surface area contributed by atoms with E-state index in [-0.39, 0.29) is 11.8 Å². The predicted molar refractivity (Wildman–Crippen MR) is 162 cm³/mol. The highest BCUT2D eigenvalue weighted by Crippen LogP contribution is 2.33. The Labute approximate surface area is 247 Å². The number of fused-ring (bicyclic) bond motifs is 1. The van der Waals surface area contributed by atoms with E-state index < -0.39 is 0 Å². The van der Waals surface area contributed by atoms with Crippen molar-refractivity contribution in [2.24, 2.45) is 0 Å². The van der Waals surface area contributed by atoms with Gasteiger partial charge in [-0.1, -0.05) is 23.7 Å². The lowest BCUT2D eigenvalue weighted by molar-refractivity contribution is -0.127. The van der Waals surface area contributed by atoms with Crippen molar-refractivity contribution < 1.29 is 18.7 Å². The molecule has 3 aromatic rings. The van der Waals surface area contributed by atoms with Gasteiger partial charge in [0.1, 0.15) is 11.3 Å². The van der Waals surface area contributed by atoms with E-state index in [1.54, 1.807) is 6.26 Å². The number of nitrogens with one attached hydrogen (secondary N) is 1. The van der Waals surface area contributed by atoms with Crippen LogP contribution in [0.15, 0.2) is 53.1 Å². The highest BCUT2D eigenvalue weighted by atomic mass is 35.5. The molecule has 0 bridgehead atoms. The standard InChI is InChI=1S/C32H41ClN4O4/c33-26-9-7-25(8-10-26)29-24-41-30-22-27(11-12-28(29)30)40-21-3-1-2-14-35-17-19-36(20-18-35)23-31(38)34-13-5-16-37-15-4-6-32(37)39/h7-12,22,24H,1-6,13-21,23H2,(H,34,38). The van der Waals surface area contributed by atoms with Crippen LogP contribution in [-0.2, 0) is 9.59 Å². The van der Waals surface area contributed by atoms with Gasteiger partial charge >= 0.3 is 0 Å². The van der Waals surface area contributed by atoms with Crippen LogP contribution in [0.3, 0.4) is 0 Å². The Kier molecular flexibility index (Phi) is 10.6. The molecule has 2 amide bonds. The lowest BCUT2D eigenvalue weighted by Gasteiger charge is -2.34. The average molecular weight is 581 g/mol. The summed E-state index contributed by atoms with van der Waals surface area (Å²) in [7, 11) is 0. The van der Waals surface area contributed by atoms with Gasteiger partial charge < -0.3 is 24.3 Å². The second kappa shape index (κ2) is 14.7. The normalized spacial score (nSPS) is 16.5. The number of rotatable bonds is 14. The van der Waals surface area contributed by atoms with Crippen LogP contribution in [0, 0.1) is 0 Å². The van der Waals surface area contributed by atoms with Crippen molar-refractivity contribution in [3.8, 4) is 16.9 Å². The Bertz CT molecular complexity index is 1290. The topological polar surface area (TPSA) is 78.3 Å². The third kappa shape index (κ3) is 8.47. The number of carbonyl (C=O) groups is 2. The van der Waals surface area contributed by atoms with Crippen LogP contribution in [0.5, 0.6) is 5.75 Å². The van der Waals surface area contributed by atoms with Crippen LogP contribution in [0.2, 0.25) is 5.02 Å². The zero-order valence-corrected chi connectivity index (χ0v) is 24.5. The highest BCUT2D eigenvalue weighted by molar-refractivity contribution is 6.30. The number of furan rings is 1. The summed E-state index contributed by atoms with van der Waals surface area (Å²) < 4.78 is 11.8. The third-order valence-corrected chi connectivity index (χ3v) is 8.27. The molecule has 5 rings (SSSR count). The van der Waals surface area contributed by atoms with Crippen molar-refractivity contribution in [1.82, 2.24) is 20.0 Å². The maximum Gasteiger partial charge on any atom is 0.234 e. The van der Waals surface area contributed by atoms with Crippen LogP contribution in [0.1, 0.15) is 38.5 Å². The molecule has 3 heterocycles. The first-order chi connectivity index (χ1) is 20.0. The summed E-state index contributed by atoms with van der Waals surface area (Å²) in [5, 5.41) is 4.79. The zero-order valence-electron chi connectivity index (χ0n) is 23.8. The number of likely N-dealkylation sites (tertiary alicyclic amines) is 1. The van der Waals surface area contributed by atoms with Crippen molar-refractivity contribution in [2.45, 2.75) is 38.5 Å². The summed E-state index contributed by atoms with van der Waals surface area (Å²) in [6, 6.07) is 13.8. The van der Waals surface area contributed by atoms with Crippen LogP contribution < -0.4 is 10.1 Å². The Morgan fingerprint density at radius 3 is 2.51 bits per heavy atom. The second-order valence-corrected chi connectivity index (χ2v) is 11.5. The number of unbranched alkanes of at least 4 members (excludes halogenated alkanes) is 2. The SMILES string of the molecule is O=C(CN1CCN(CCCCCOc2ccc3c(-c4ccc(Cl)cc4)coc3c2)CC1)NCCCN1CCCC1=O. The minimum absolute atomic E-state index is 0.0828. The van der Waals surface area contributed by atoms with Crippen molar-refractivity contribution in [2.75, 3.05) is 65.5 Å². The van der Waals surface area contributed by atoms with Gasteiger partial charge in [0.05, 0.1) is 19.4 Å². The number of nitrogens with zero attached hydrogens (tertiary/aromatic N) is 3. The fourth-order valence-corrected chi connectivity index (χ4v) is 5.75. The molecule has 1 aromatic heterocycles. The van der Waals surface area contributed by atoms with Gasteiger partial charge in [0.15, 0.2) is 0 Å². The molecule has 0 saturated carbocycles. The number of hydrogen-bond donors (Lipinski definition) is 1. The van der Waals surface area contributed by atoms with Crippen LogP contribution in [0.4, 0.5) is 0 Å². The summed E-state index contributed by atoms with van der Waals surface area (Å²) in [6.07, 6.45) is 7.52.